The molecule has 0 unspecified atom stereocenters. The zero-order valence-corrected chi connectivity index (χ0v) is 24.5. The lowest BCUT2D eigenvalue weighted by Crippen LogP contribution is -2.34. The van der Waals surface area contributed by atoms with E-state index in [1.54, 1.807) is 63.4 Å². The van der Waals surface area contributed by atoms with Crippen molar-refractivity contribution in [3.63, 3.8) is 0 Å². The molecule has 0 bridgehead atoms. The van der Waals surface area contributed by atoms with Gasteiger partial charge in [-0.2, -0.15) is 17.2 Å². The van der Waals surface area contributed by atoms with Crippen molar-refractivity contribution in [2.75, 3.05) is 6.61 Å². The summed E-state index contributed by atoms with van der Waals surface area (Å²) in [5, 5.41) is 6.00. The predicted octanol–water partition coefficient (Wildman–Crippen LogP) is 5.33. The lowest BCUT2D eigenvalue weighted by atomic mass is 9.97. The second-order valence-corrected chi connectivity index (χ2v) is 11.5. The molecule has 39 heavy (non-hydrogen) atoms. The summed E-state index contributed by atoms with van der Waals surface area (Å²) in [6, 6.07) is 12.5. The Kier molecular flexibility index (Phi) is 9.45. The minimum Gasteiger partial charge on any atom is -0.506 e. The monoisotopic (exact) mass is 784 g/mol. The van der Waals surface area contributed by atoms with Crippen molar-refractivity contribution in [2.45, 2.75) is 5.25 Å². The molecule has 0 aliphatic carbocycles. The molecule has 3 aromatic rings. The van der Waals surface area contributed by atoms with Crippen LogP contribution in [0.15, 0.2) is 61.2 Å². The fraction of sp³-hybridized carbons (Fsp3) is 0.0800. The van der Waals surface area contributed by atoms with Gasteiger partial charge in [0.15, 0.2) is 18.1 Å². The third-order valence-corrected chi connectivity index (χ3v) is 7.79. The summed E-state index contributed by atoms with van der Waals surface area (Å²) in [7, 11) is -5.85. The number of alkyl halides is 2. The molecule has 0 saturated heterocycles. The predicted molar refractivity (Wildman–Crippen MR) is 152 cm³/mol. The summed E-state index contributed by atoms with van der Waals surface area (Å²) in [5.74, 6) is -3.71. The van der Waals surface area contributed by atoms with Gasteiger partial charge in [0.2, 0.25) is 0 Å². The van der Waals surface area contributed by atoms with E-state index in [0.717, 1.165) is 11.6 Å². The minimum absolute atomic E-state index is 0.00626. The van der Waals surface area contributed by atoms with Crippen LogP contribution >= 0.6 is 45.2 Å². The minimum atomic E-state index is -5.85. The van der Waals surface area contributed by atoms with Crippen LogP contribution in [0.4, 0.5) is 8.78 Å². The van der Waals surface area contributed by atoms with Crippen molar-refractivity contribution in [3.8, 4) is 11.5 Å². The molecule has 0 aromatic heterocycles. The summed E-state index contributed by atoms with van der Waals surface area (Å²) in [6.07, 6.45) is 1.60. The number of phenols is 1. The molecule has 0 amide bonds. The maximum Gasteiger partial charge on any atom is 0.402 e. The average molecular weight is 784 g/mol. The fourth-order valence-electron chi connectivity index (χ4n) is 3.07. The van der Waals surface area contributed by atoms with Crippen molar-refractivity contribution in [3.05, 3.63) is 96.1 Å². The molecule has 0 aliphatic heterocycles. The number of hydrogen-bond acceptors (Lipinski definition) is 8. The van der Waals surface area contributed by atoms with Crippen LogP contribution in [0.5, 0.6) is 11.5 Å². The molecule has 0 heterocycles. The van der Waals surface area contributed by atoms with Gasteiger partial charge in [0.1, 0.15) is 5.75 Å². The van der Waals surface area contributed by atoms with Crippen molar-refractivity contribution >= 4 is 79.1 Å². The third kappa shape index (κ3) is 6.79. The van der Waals surface area contributed by atoms with Gasteiger partial charge in [-0.05, 0) is 75.0 Å². The quantitative estimate of drug-likeness (QED) is 0.0968. The number of ether oxygens (including phenoxy) is 2. The number of rotatable bonds is 9. The number of hydrogen-bond donors (Lipinski definition) is 2. The SMILES string of the molecule is C=Cc1ccc(C(=O)Oc2c(I)cc(C(=O)c3ccccc3C(=O)OCC(F)(F)S(=O)(=O)O)c(O)c2I)cc1. The van der Waals surface area contributed by atoms with E-state index in [1.807, 2.05) is 0 Å². The van der Waals surface area contributed by atoms with E-state index in [-0.39, 0.29) is 29.6 Å². The number of aromatic hydroxyl groups is 1. The van der Waals surface area contributed by atoms with Gasteiger partial charge in [-0.25, -0.2) is 9.59 Å². The van der Waals surface area contributed by atoms with Crippen molar-refractivity contribution in [2.24, 2.45) is 0 Å². The zero-order chi connectivity index (χ0) is 29.1. The van der Waals surface area contributed by atoms with Gasteiger partial charge < -0.3 is 14.6 Å². The summed E-state index contributed by atoms with van der Waals surface area (Å²) < 4.78 is 67.1. The van der Waals surface area contributed by atoms with Crippen LogP contribution in [0.1, 0.15) is 42.2 Å². The lowest BCUT2D eigenvalue weighted by Gasteiger charge is -2.15. The molecule has 0 saturated carbocycles. The summed E-state index contributed by atoms with van der Waals surface area (Å²) in [6.45, 7) is 1.64. The third-order valence-electron chi connectivity index (χ3n) is 5.11. The standard InChI is InChI=1S/C25H16F2I2O9S/c1-2-13-7-9-14(10-8-13)23(32)38-22-18(28)11-17(21(31)19(22)29)20(30)15-5-3-4-6-16(15)24(33)37-12-25(26,27)39(34,35)36/h2-11,31H,1,12H2,(H,34,35,36). The van der Waals surface area contributed by atoms with Crippen LogP contribution in [-0.4, -0.2) is 47.7 Å². The van der Waals surface area contributed by atoms with Gasteiger partial charge in [-0.3, -0.25) is 9.35 Å². The van der Waals surface area contributed by atoms with Crippen molar-refractivity contribution < 1.29 is 50.7 Å². The molecule has 0 atom stereocenters. The number of benzene rings is 3. The number of esters is 2. The molecule has 0 fully saturated rings. The van der Waals surface area contributed by atoms with Crippen molar-refractivity contribution in [1.82, 2.24) is 0 Å². The Morgan fingerprint density at radius 3 is 2.13 bits per heavy atom. The molecule has 3 aromatic carbocycles. The van der Waals surface area contributed by atoms with Gasteiger partial charge in [0.25, 0.3) is 0 Å². The normalized spacial score (nSPS) is 11.5. The molecule has 14 heteroatoms. The number of carbonyl (C=O) groups is 3. The van der Waals surface area contributed by atoms with Crippen LogP contribution in [0, 0.1) is 7.14 Å². The summed E-state index contributed by atoms with van der Waals surface area (Å²) >= 11 is 3.45. The van der Waals surface area contributed by atoms with Crippen LogP contribution in [0.2, 0.25) is 0 Å². The first-order valence-corrected chi connectivity index (χ1v) is 14.1. The summed E-state index contributed by atoms with van der Waals surface area (Å²) in [4.78, 5) is 38.4. The highest BCUT2D eigenvalue weighted by molar-refractivity contribution is 14.1. The number of halogens is 4. The molecule has 0 radical (unpaired) electrons. The first-order valence-electron chi connectivity index (χ1n) is 10.5. The van der Waals surface area contributed by atoms with E-state index >= 15 is 0 Å². The summed E-state index contributed by atoms with van der Waals surface area (Å²) in [5.41, 5.74) is -0.156. The largest absolute Gasteiger partial charge is 0.506 e. The fourth-order valence-corrected chi connectivity index (χ4v) is 5.18. The maximum atomic E-state index is 13.5. The maximum absolute atomic E-state index is 13.5. The number of ketones is 1. The first-order chi connectivity index (χ1) is 18.2. The van der Waals surface area contributed by atoms with E-state index in [1.165, 1.54) is 36.4 Å². The molecule has 2 N–H and O–H groups in total. The Bertz CT molecular complexity index is 1590. The highest BCUT2D eigenvalue weighted by Gasteiger charge is 2.45. The van der Waals surface area contributed by atoms with Gasteiger partial charge in [0, 0.05) is 5.56 Å². The molecule has 9 nitrogen and oxygen atoms in total. The van der Waals surface area contributed by atoms with Gasteiger partial charge in [-0.1, -0.05) is 43.0 Å². The van der Waals surface area contributed by atoms with E-state index in [2.05, 4.69) is 11.3 Å². The Morgan fingerprint density at radius 1 is 0.974 bits per heavy atom. The smallest absolute Gasteiger partial charge is 0.402 e. The molecule has 3 rings (SSSR count). The van der Waals surface area contributed by atoms with Gasteiger partial charge in [0.05, 0.1) is 23.8 Å². The van der Waals surface area contributed by atoms with E-state index in [9.17, 15) is 36.7 Å². The van der Waals surface area contributed by atoms with Gasteiger partial charge >= 0.3 is 27.3 Å². The van der Waals surface area contributed by atoms with Gasteiger partial charge in [-0.15, -0.1) is 0 Å². The van der Waals surface area contributed by atoms with E-state index in [0.29, 0.717) is 0 Å². The van der Waals surface area contributed by atoms with Crippen LogP contribution in [0.25, 0.3) is 6.08 Å². The topological polar surface area (TPSA) is 144 Å². The Balaban J connectivity index is 1.91. The molecule has 204 valence electrons. The highest BCUT2D eigenvalue weighted by Crippen LogP contribution is 2.38. The zero-order valence-electron chi connectivity index (χ0n) is 19.4. The van der Waals surface area contributed by atoms with Crippen molar-refractivity contribution in [1.29, 1.82) is 0 Å². The van der Waals surface area contributed by atoms with Crippen LogP contribution in [-0.2, 0) is 14.9 Å². The Morgan fingerprint density at radius 2 is 1.56 bits per heavy atom. The Hall–Kier alpha value is -2.96. The first kappa shape index (κ1) is 30.6. The number of phenolic OH excluding ortho intramolecular Hbond substituents is 1. The second-order valence-electron chi connectivity index (χ2n) is 7.68. The van der Waals surface area contributed by atoms with E-state index < -0.39 is 51.0 Å². The highest BCUT2D eigenvalue weighted by atomic mass is 127. The van der Waals surface area contributed by atoms with Crippen LogP contribution < -0.4 is 4.74 Å². The molecule has 0 aliphatic rings. The molecule has 0 spiro atoms. The molecular formula is C25H16F2I2O9S. The van der Waals surface area contributed by atoms with E-state index in [4.69, 9.17) is 9.29 Å². The lowest BCUT2D eigenvalue weighted by molar-refractivity contribution is -0.00956. The second kappa shape index (κ2) is 12.1. The Labute approximate surface area is 247 Å². The van der Waals surface area contributed by atoms with Crippen LogP contribution in [0.3, 0.4) is 0 Å². The average Bonchev–Trinajstić information content (AvgIpc) is 2.90. The number of carbonyl (C=O) groups excluding carboxylic acids is 3. The molecular weight excluding hydrogens is 768 g/mol.